The van der Waals surface area contributed by atoms with E-state index in [2.05, 4.69) is 20.1 Å². The van der Waals surface area contributed by atoms with Crippen LogP contribution in [0.5, 0.6) is 0 Å². The van der Waals surface area contributed by atoms with Gasteiger partial charge in [0.25, 0.3) is 5.91 Å². The number of nitrogens with zero attached hydrogens (tertiary/aromatic N) is 5. The average molecular weight is 337 g/mol. The summed E-state index contributed by atoms with van der Waals surface area (Å²) >= 11 is 0. The lowest BCUT2D eigenvalue weighted by molar-refractivity contribution is 0.0624. The number of aromatic amines is 1. The fraction of sp³-hybridized carbons (Fsp3) is 0.294. The van der Waals surface area contributed by atoms with Gasteiger partial charge in [0, 0.05) is 17.8 Å². The number of carbonyl (C=O) groups is 1. The van der Waals surface area contributed by atoms with Crippen molar-refractivity contribution in [3.63, 3.8) is 0 Å². The van der Waals surface area contributed by atoms with Gasteiger partial charge in [-0.3, -0.25) is 4.79 Å². The summed E-state index contributed by atoms with van der Waals surface area (Å²) in [5.41, 5.74) is 7.66. The van der Waals surface area contributed by atoms with Gasteiger partial charge in [0.05, 0.1) is 12.6 Å². The molecular weight excluding hydrogens is 318 g/mol. The molecule has 3 N–H and O–H groups in total. The van der Waals surface area contributed by atoms with E-state index < -0.39 is 0 Å². The number of nitrogens with two attached hydrogens (primary N) is 1. The molecule has 0 aliphatic carbocycles. The molecule has 0 saturated heterocycles. The van der Waals surface area contributed by atoms with Crippen molar-refractivity contribution < 1.29 is 4.79 Å². The number of rotatable bonds is 2. The first-order valence-corrected chi connectivity index (χ1v) is 8.18. The van der Waals surface area contributed by atoms with E-state index >= 15 is 0 Å². The molecule has 0 saturated carbocycles. The van der Waals surface area contributed by atoms with E-state index in [4.69, 9.17) is 5.73 Å². The second kappa shape index (κ2) is 5.73. The normalized spacial score (nSPS) is 16.7. The lowest BCUT2D eigenvalue weighted by atomic mass is 10.2. The van der Waals surface area contributed by atoms with Gasteiger partial charge < -0.3 is 15.6 Å². The zero-order valence-corrected chi connectivity index (χ0v) is 14.1. The third kappa shape index (κ3) is 2.55. The standard InChI is InChI=1S/C17H19N7O/c1-10-13(20-17(18)19-10)16(25)23-8-9-24-15(11(23)2)21-14(22-24)12-6-4-3-5-7-12/h3-7,11H,8-9H2,1-2H3,(H3,18,19,20)/t11-/m0/s1. The van der Waals surface area contributed by atoms with Gasteiger partial charge in [-0.2, -0.15) is 5.10 Å². The zero-order chi connectivity index (χ0) is 17.6. The van der Waals surface area contributed by atoms with Crippen LogP contribution in [0.1, 0.15) is 35.0 Å². The van der Waals surface area contributed by atoms with E-state index in [0.717, 1.165) is 11.4 Å². The Morgan fingerprint density at radius 3 is 2.68 bits per heavy atom. The highest BCUT2D eigenvalue weighted by Crippen LogP contribution is 2.27. The minimum Gasteiger partial charge on any atom is -0.369 e. The van der Waals surface area contributed by atoms with E-state index in [1.165, 1.54) is 0 Å². The van der Waals surface area contributed by atoms with Crippen LogP contribution in [0.25, 0.3) is 11.4 Å². The summed E-state index contributed by atoms with van der Waals surface area (Å²) in [5.74, 6) is 1.56. The average Bonchev–Trinajstić information content (AvgIpc) is 3.19. The van der Waals surface area contributed by atoms with Crippen molar-refractivity contribution in [3.8, 4) is 11.4 Å². The van der Waals surface area contributed by atoms with Crippen LogP contribution < -0.4 is 5.73 Å². The van der Waals surface area contributed by atoms with Crippen molar-refractivity contribution >= 4 is 11.9 Å². The molecule has 4 rings (SSSR count). The molecule has 1 aromatic carbocycles. The van der Waals surface area contributed by atoms with Crippen molar-refractivity contribution in [2.75, 3.05) is 12.3 Å². The molecule has 1 atom stereocenters. The predicted octanol–water partition coefficient (Wildman–Crippen LogP) is 1.78. The summed E-state index contributed by atoms with van der Waals surface area (Å²) in [6, 6.07) is 9.64. The Hall–Kier alpha value is -3.16. The summed E-state index contributed by atoms with van der Waals surface area (Å²) < 4.78 is 1.88. The number of imidazole rings is 1. The first-order valence-electron chi connectivity index (χ1n) is 8.18. The van der Waals surface area contributed by atoms with Gasteiger partial charge >= 0.3 is 0 Å². The number of amides is 1. The number of carbonyl (C=O) groups excluding carboxylic acids is 1. The molecule has 25 heavy (non-hydrogen) atoms. The fourth-order valence-electron chi connectivity index (χ4n) is 3.18. The van der Waals surface area contributed by atoms with Crippen molar-refractivity contribution in [2.45, 2.75) is 26.4 Å². The highest BCUT2D eigenvalue weighted by Gasteiger charge is 2.33. The molecule has 1 aliphatic heterocycles. The molecule has 8 heteroatoms. The molecule has 3 heterocycles. The number of fused-ring (bicyclic) bond motifs is 1. The van der Waals surface area contributed by atoms with Crippen LogP contribution in [-0.4, -0.2) is 42.1 Å². The molecule has 1 aliphatic rings. The zero-order valence-electron chi connectivity index (χ0n) is 14.1. The monoisotopic (exact) mass is 337 g/mol. The second-order valence-electron chi connectivity index (χ2n) is 6.15. The molecule has 1 amide bonds. The SMILES string of the molecule is Cc1[nH]c(N)nc1C(=O)N1CCn2nc(-c3ccccc3)nc2[C@@H]1C. The van der Waals surface area contributed by atoms with Crippen LogP contribution in [-0.2, 0) is 6.54 Å². The summed E-state index contributed by atoms with van der Waals surface area (Å²) in [5, 5.41) is 4.59. The number of nitrogens with one attached hydrogen (secondary N) is 1. The van der Waals surface area contributed by atoms with Gasteiger partial charge in [-0.25, -0.2) is 14.6 Å². The molecule has 3 aromatic rings. The summed E-state index contributed by atoms with van der Waals surface area (Å²) in [4.78, 5) is 26.3. The van der Waals surface area contributed by atoms with Gasteiger partial charge in [0.15, 0.2) is 17.5 Å². The lowest BCUT2D eigenvalue weighted by Gasteiger charge is -2.32. The van der Waals surface area contributed by atoms with Crippen LogP contribution in [0, 0.1) is 6.92 Å². The Labute approximate surface area is 144 Å². The van der Waals surface area contributed by atoms with Gasteiger partial charge in [0.2, 0.25) is 0 Å². The van der Waals surface area contributed by atoms with Crippen LogP contribution >= 0.6 is 0 Å². The Morgan fingerprint density at radius 1 is 1.24 bits per heavy atom. The first kappa shape index (κ1) is 15.4. The Bertz CT molecular complexity index is 928. The maximum Gasteiger partial charge on any atom is 0.275 e. The van der Waals surface area contributed by atoms with Gasteiger partial charge in [-0.1, -0.05) is 30.3 Å². The number of hydrogen-bond acceptors (Lipinski definition) is 5. The number of aryl methyl sites for hydroxylation is 1. The minimum absolute atomic E-state index is 0.145. The molecule has 0 spiro atoms. The maximum atomic E-state index is 12.9. The van der Waals surface area contributed by atoms with E-state index in [1.807, 2.05) is 41.9 Å². The van der Waals surface area contributed by atoms with Gasteiger partial charge in [0.1, 0.15) is 5.82 Å². The summed E-state index contributed by atoms with van der Waals surface area (Å²) in [7, 11) is 0. The van der Waals surface area contributed by atoms with Gasteiger partial charge in [-0.05, 0) is 13.8 Å². The molecule has 8 nitrogen and oxygen atoms in total. The molecule has 0 unspecified atom stereocenters. The molecule has 0 fully saturated rings. The molecule has 2 aromatic heterocycles. The Kier molecular flexibility index (Phi) is 3.52. The van der Waals surface area contributed by atoms with E-state index in [1.54, 1.807) is 11.8 Å². The van der Waals surface area contributed by atoms with Crippen molar-refractivity contribution in [1.82, 2.24) is 29.6 Å². The van der Waals surface area contributed by atoms with Crippen LogP contribution in [0.15, 0.2) is 30.3 Å². The fourth-order valence-corrected chi connectivity index (χ4v) is 3.18. The van der Waals surface area contributed by atoms with Crippen LogP contribution in [0.3, 0.4) is 0 Å². The van der Waals surface area contributed by atoms with E-state index in [-0.39, 0.29) is 17.9 Å². The molecule has 128 valence electrons. The number of aromatic nitrogens is 5. The smallest absolute Gasteiger partial charge is 0.275 e. The van der Waals surface area contributed by atoms with Crippen molar-refractivity contribution in [3.05, 3.63) is 47.5 Å². The van der Waals surface area contributed by atoms with Crippen molar-refractivity contribution in [1.29, 1.82) is 0 Å². The number of benzene rings is 1. The third-order valence-electron chi connectivity index (χ3n) is 4.49. The quantitative estimate of drug-likeness (QED) is 0.741. The van der Waals surface area contributed by atoms with Crippen LogP contribution in [0.4, 0.5) is 5.95 Å². The predicted molar refractivity (Wildman–Crippen MR) is 92.6 cm³/mol. The number of nitrogen functional groups attached to an aromatic ring is 1. The number of H-pyrrole nitrogens is 1. The lowest BCUT2D eigenvalue weighted by Crippen LogP contribution is -2.41. The highest BCUT2D eigenvalue weighted by molar-refractivity contribution is 5.94. The largest absolute Gasteiger partial charge is 0.369 e. The van der Waals surface area contributed by atoms with E-state index in [0.29, 0.717) is 30.3 Å². The highest BCUT2D eigenvalue weighted by atomic mass is 16.2. The minimum atomic E-state index is -0.191. The van der Waals surface area contributed by atoms with Crippen LogP contribution in [0.2, 0.25) is 0 Å². The summed E-state index contributed by atoms with van der Waals surface area (Å²) in [6.45, 7) is 4.90. The maximum absolute atomic E-state index is 12.9. The Balaban J connectivity index is 1.65. The molecule has 0 bridgehead atoms. The van der Waals surface area contributed by atoms with Gasteiger partial charge in [-0.15, -0.1) is 0 Å². The van der Waals surface area contributed by atoms with Crippen molar-refractivity contribution in [2.24, 2.45) is 0 Å². The molecule has 0 radical (unpaired) electrons. The molecular formula is C17H19N7O. The Morgan fingerprint density at radius 2 is 2.00 bits per heavy atom. The number of anilines is 1. The summed E-state index contributed by atoms with van der Waals surface area (Å²) in [6.07, 6.45) is 0. The third-order valence-corrected chi connectivity index (χ3v) is 4.49. The second-order valence-corrected chi connectivity index (χ2v) is 6.15. The topological polar surface area (TPSA) is 106 Å². The number of hydrogen-bond donors (Lipinski definition) is 2. The first-order chi connectivity index (χ1) is 12.0. The van der Waals surface area contributed by atoms with E-state index in [9.17, 15) is 4.79 Å².